The molecule has 1 atom stereocenters. The molecule has 2 aromatic carbocycles. The van der Waals surface area contributed by atoms with Crippen LogP contribution in [0.25, 0.3) is 0 Å². The van der Waals surface area contributed by atoms with Gasteiger partial charge < -0.3 is 10.6 Å². The van der Waals surface area contributed by atoms with Crippen LogP contribution in [0.3, 0.4) is 0 Å². The molecule has 22 heavy (non-hydrogen) atoms. The van der Waals surface area contributed by atoms with E-state index in [1.165, 1.54) is 5.56 Å². The second-order valence-electron chi connectivity index (χ2n) is 5.16. The second-order valence-corrected chi connectivity index (χ2v) is 5.16. The molecule has 0 unspecified atom stereocenters. The fourth-order valence-corrected chi connectivity index (χ4v) is 2.08. The van der Waals surface area contributed by atoms with Gasteiger partial charge in [-0.05, 0) is 23.6 Å². The molecule has 2 rings (SSSR count). The van der Waals surface area contributed by atoms with Crippen molar-refractivity contribution >= 4 is 11.8 Å². The van der Waals surface area contributed by atoms with Crippen LogP contribution >= 0.6 is 0 Å². The van der Waals surface area contributed by atoms with Crippen molar-refractivity contribution in [3.05, 3.63) is 71.8 Å². The molecule has 0 aliphatic rings. The smallest absolute Gasteiger partial charge is 0.251 e. The van der Waals surface area contributed by atoms with E-state index in [2.05, 4.69) is 17.6 Å². The first kappa shape index (κ1) is 15.8. The largest absolute Gasteiger partial charge is 0.354 e. The van der Waals surface area contributed by atoms with Crippen LogP contribution in [0.4, 0.5) is 0 Å². The number of hydrogen-bond donors (Lipinski definition) is 2. The Kier molecular flexibility index (Phi) is 5.72. The van der Waals surface area contributed by atoms with Crippen molar-refractivity contribution in [3.63, 3.8) is 0 Å². The molecule has 0 heterocycles. The number of rotatable bonds is 6. The third-order valence-electron chi connectivity index (χ3n) is 3.42. The van der Waals surface area contributed by atoms with Crippen LogP contribution in [-0.2, 0) is 4.79 Å². The highest BCUT2D eigenvalue weighted by molar-refractivity contribution is 5.96. The van der Waals surface area contributed by atoms with Crippen molar-refractivity contribution < 1.29 is 9.59 Å². The summed E-state index contributed by atoms with van der Waals surface area (Å²) in [6.07, 6.45) is 0. The molecular weight excluding hydrogens is 276 g/mol. The maximum Gasteiger partial charge on any atom is 0.251 e. The van der Waals surface area contributed by atoms with Crippen molar-refractivity contribution in [1.29, 1.82) is 0 Å². The second kappa shape index (κ2) is 7.98. The maximum absolute atomic E-state index is 11.8. The molecule has 2 aromatic rings. The Balaban J connectivity index is 1.73. The minimum absolute atomic E-state index is 0.0186. The molecule has 114 valence electrons. The number of hydrogen-bond acceptors (Lipinski definition) is 2. The minimum atomic E-state index is -0.244. The molecule has 0 aromatic heterocycles. The average Bonchev–Trinajstić information content (AvgIpc) is 2.59. The zero-order chi connectivity index (χ0) is 15.8. The minimum Gasteiger partial charge on any atom is -0.354 e. The van der Waals surface area contributed by atoms with E-state index in [0.717, 1.165) is 0 Å². The van der Waals surface area contributed by atoms with E-state index in [1.807, 2.05) is 36.4 Å². The lowest BCUT2D eigenvalue weighted by atomic mass is 10.0. The summed E-state index contributed by atoms with van der Waals surface area (Å²) in [4.78, 5) is 23.6. The highest BCUT2D eigenvalue weighted by Gasteiger charge is 2.09. The Morgan fingerprint density at radius 3 is 2.14 bits per heavy atom. The Morgan fingerprint density at radius 2 is 1.50 bits per heavy atom. The maximum atomic E-state index is 11.8. The number of carbonyl (C=O) groups is 2. The molecule has 0 bridgehead atoms. The van der Waals surface area contributed by atoms with Gasteiger partial charge in [0.25, 0.3) is 5.91 Å². The van der Waals surface area contributed by atoms with E-state index < -0.39 is 0 Å². The molecule has 0 spiro atoms. The number of benzene rings is 2. The van der Waals surface area contributed by atoms with Crippen LogP contribution in [-0.4, -0.2) is 24.9 Å². The lowest BCUT2D eigenvalue weighted by Crippen LogP contribution is -2.38. The zero-order valence-corrected chi connectivity index (χ0v) is 12.6. The molecule has 0 aliphatic heterocycles. The van der Waals surface area contributed by atoms with Crippen molar-refractivity contribution in [2.75, 3.05) is 13.1 Å². The summed E-state index contributed by atoms with van der Waals surface area (Å²) in [5.74, 6) is -0.200. The fourth-order valence-electron chi connectivity index (χ4n) is 2.08. The van der Waals surface area contributed by atoms with Crippen molar-refractivity contribution in [2.24, 2.45) is 0 Å². The van der Waals surface area contributed by atoms with Gasteiger partial charge in [0, 0.05) is 12.1 Å². The summed E-state index contributed by atoms with van der Waals surface area (Å²) >= 11 is 0. The van der Waals surface area contributed by atoms with Gasteiger partial charge in [-0.25, -0.2) is 0 Å². The van der Waals surface area contributed by atoms with Crippen LogP contribution < -0.4 is 10.6 Å². The van der Waals surface area contributed by atoms with Crippen LogP contribution in [0, 0.1) is 0 Å². The van der Waals surface area contributed by atoms with E-state index >= 15 is 0 Å². The molecule has 4 nitrogen and oxygen atoms in total. The topological polar surface area (TPSA) is 58.2 Å². The zero-order valence-electron chi connectivity index (χ0n) is 12.6. The Bertz CT molecular complexity index is 611. The van der Waals surface area contributed by atoms with Crippen molar-refractivity contribution in [2.45, 2.75) is 12.8 Å². The fraction of sp³-hybridized carbons (Fsp3) is 0.222. The first-order valence-corrected chi connectivity index (χ1v) is 7.31. The Hall–Kier alpha value is -2.62. The summed E-state index contributed by atoms with van der Waals surface area (Å²) in [6.45, 7) is 2.58. The van der Waals surface area contributed by atoms with Gasteiger partial charge in [0.1, 0.15) is 0 Å². The van der Waals surface area contributed by atoms with Crippen LogP contribution in [0.2, 0.25) is 0 Å². The molecule has 0 saturated heterocycles. The van der Waals surface area contributed by atoms with Crippen LogP contribution in [0.1, 0.15) is 28.8 Å². The molecule has 0 radical (unpaired) electrons. The number of amides is 2. The van der Waals surface area contributed by atoms with Crippen LogP contribution in [0.15, 0.2) is 60.7 Å². The van der Waals surface area contributed by atoms with E-state index in [9.17, 15) is 9.59 Å². The third-order valence-corrected chi connectivity index (χ3v) is 3.42. The Labute approximate surface area is 130 Å². The van der Waals surface area contributed by atoms with Gasteiger partial charge in [-0.1, -0.05) is 55.5 Å². The highest BCUT2D eigenvalue weighted by Crippen LogP contribution is 2.12. The summed E-state index contributed by atoms with van der Waals surface area (Å²) < 4.78 is 0. The van der Waals surface area contributed by atoms with E-state index in [-0.39, 0.29) is 24.3 Å². The molecule has 0 aliphatic carbocycles. The van der Waals surface area contributed by atoms with E-state index in [0.29, 0.717) is 12.1 Å². The van der Waals surface area contributed by atoms with Gasteiger partial charge in [0.05, 0.1) is 6.54 Å². The van der Waals surface area contributed by atoms with Gasteiger partial charge in [-0.2, -0.15) is 0 Å². The lowest BCUT2D eigenvalue weighted by molar-refractivity contribution is -0.120. The normalized spacial score (nSPS) is 11.5. The first-order valence-electron chi connectivity index (χ1n) is 7.31. The summed E-state index contributed by atoms with van der Waals surface area (Å²) in [5.41, 5.74) is 1.73. The summed E-state index contributed by atoms with van der Waals surface area (Å²) in [7, 11) is 0. The first-order chi connectivity index (χ1) is 10.7. The van der Waals surface area contributed by atoms with Gasteiger partial charge in [0.2, 0.25) is 5.91 Å². The predicted molar refractivity (Wildman–Crippen MR) is 86.6 cm³/mol. The molecule has 2 amide bonds. The molecule has 2 N–H and O–H groups in total. The van der Waals surface area contributed by atoms with Gasteiger partial charge >= 0.3 is 0 Å². The summed E-state index contributed by atoms with van der Waals surface area (Å²) in [6, 6.07) is 18.8. The lowest BCUT2D eigenvalue weighted by Gasteiger charge is -2.13. The van der Waals surface area contributed by atoms with E-state index in [4.69, 9.17) is 0 Å². The quantitative estimate of drug-likeness (QED) is 0.859. The standard InChI is InChI=1S/C18H20N2O2/c1-14(15-8-4-2-5-9-15)12-19-17(21)13-20-18(22)16-10-6-3-7-11-16/h2-11,14H,12-13H2,1H3,(H,19,21)(H,20,22)/t14-/m0/s1. The van der Waals surface area contributed by atoms with Gasteiger partial charge in [0.15, 0.2) is 0 Å². The van der Waals surface area contributed by atoms with Crippen LogP contribution in [0.5, 0.6) is 0 Å². The van der Waals surface area contributed by atoms with Gasteiger partial charge in [-0.3, -0.25) is 9.59 Å². The van der Waals surface area contributed by atoms with E-state index in [1.54, 1.807) is 24.3 Å². The molecular formula is C18H20N2O2. The number of nitrogens with one attached hydrogen (secondary N) is 2. The SMILES string of the molecule is C[C@@H](CNC(=O)CNC(=O)c1ccccc1)c1ccccc1. The Morgan fingerprint density at radius 1 is 0.909 bits per heavy atom. The number of carbonyl (C=O) groups excluding carboxylic acids is 2. The molecule has 4 heteroatoms. The predicted octanol–water partition coefficient (Wildman–Crippen LogP) is 2.34. The van der Waals surface area contributed by atoms with Crippen molar-refractivity contribution in [1.82, 2.24) is 10.6 Å². The molecule has 0 saturated carbocycles. The molecule has 0 fully saturated rings. The average molecular weight is 296 g/mol. The third kappa shape index (κ3) is 4.74. The van der Waals surface area contributed by atoms with Gasteiger partial charge in [-0.15, -0.1) is 0 Å². The monoisotopic (exact) mass is 296 g/mol. The highest BCUT2D eigenvalue weighted by atomic mass is 16.2. The summed E-state index contributed by atoms with van der Waals surface area (Å²) in [5, 5.41) is 5.45. The van der Waals surface area contributed by atoms with Crippen molar-refractivity contribution in [3.8, 4) is 0 Å².